The Morgan fingerprint density at radius 3 is 2.38 bits per heavy atom. The van der Waals surface area contributed by atoms with Crippen molar-refractivity contribution in [3.05, 3.63) is 6.07 Å². The molecular weight excluding hydrogens is 310 g/mol. The molecule has 138 valence electrons. The van der Waals surface area contributed by atoms with Crippen LogP contribution in [0.4, 0.5) is 5.95 Å². The Bertz CT molecular complexity index is 457. The van der Waals surface area contributed by atoms with E-state index < -0.39 is 0 Å². The number of anilines is 1. The lowest BCUT2D eigenvalue weighted by atomic mass is 10.4. The van der Waals surface area contributed by atoms with Crippen LogP contribution in [0, 0.1) is 0 Å². The van der Waals surface area contributed by atoms with Gasteiger partial charge < -0.3 is 30.2 Å². The molecule has 0 spiro atoms. The number of rotatable bonds is 13. The van der Waals surface area contributed by atoms with E-state index in [9.17, 15) is 0 Å². The smallest absolute Gasteiger partial charge is 0.229 e. The van der Waals surface area contributed by atoms with E-state index in [1.54, 1.807) is 6.07 Å². The summed E-state index contributed by atoms with van der Waals surface area (Å²) in [6, 6.07) is 1.68. The molecule has 1 aromatic heterocycles. The number of ether oxygens (including phenoxy) is 3. The molecule has 8 heteroatoms. The molecule has 1 rings (SSSR count). The van der Waals surface area contributed by atoms with Crippen molar-refractivity contribution in [3.8, 4) is 11.8 Å². The predicted octanol–water partition coefficient (Wildman–Crippen LogP) is 0.982. The van der Waals surface area contributed by atoms with Crippen LogP contribution in [0.25, 0.3) is 0 Å². The molecule has 0 aliphatic rings. The number of likely N-dealkylation sites (N-methyl/N-ethyl adjacent to an activating group) is 1. The second-order valence-electron chi connectivity index (χ2n) is 5.86. The zero-order valence-electron chi connectivity index (χ0n) is 15.2. The lowest BCUT2D eigenvalue weighted by Crippen LogP contribution is -2.20. The Balaban J connectivity index is 2.56. The van der Waals surface area contributed by atoms with E-state index in [0.717, 1.165) is 13.0 Å². The van der Waals surface area contributed by atoms with Gasteiger partial charge in [0, 0.05) is 26.2 Å². The van der Waals surface area contributed by atoms with Gasteiger partial charge in [-0.25, -0.2) is 0 Å². The molecule has 0 atom stereocenters. The first-order valence-electron chi connectivity index (χ1n) is 8.36. The van der Waals surface area contributed by atoms with Gasteiger partial charge in [0.2, 0.25) is 17.7 Å². The second-order valence-corrected chi connectivity index (χ2v) is 5.86. The molecule has 3 N–H and O–H groups in total. The highest BCUT2D eigenvalue weighted by atomic mass is 16.5. The monoisotopic (exact) mass is 341 g/mol. The van der Waals surface area contributed by atoms with Crippen molar-refractivity contribution in [1.29, 1.82) is 0 Å². The van der Waals surface area contributed by atoms with Crippen molar-refractivity contribution >= 4 is 5.95 Å². The zero-order chi connectivity index (χ0) is 17.8. The fourth-order valence-corrected chi connectivity index (χ4v) is 1.72. The number of hydrogen-bond acceptors (Lipinski definition) is 8. The van der Waals surface area contributed by atoms with Crippen molar-refractivity contribution in [3.63, 3.8) is 0 Å². The highest BCUT2D eigenvalue weighted by Gasteiger charge is 2.07. The molecule has 0 aromatic carbocycles. The van der Waals surface area contributed by atoms with E-state index in [1.165, 1.54) is 0 Å². The molecule has 0 saturated heterocycles. The third-order valence-electron chi connectivity index (χ3n) is 2.89. The van der Waals surface area contributed by atoms with Crippen LogP contribution in [0.15, 0.2) is 6.07 Å². The van der Waals surface area contributed by atoms with Crippen molar-refractivity contribution in [1.82, 2.24) is 14.9 Å². The Morgan fingerprint density at radius 1 is 1.12 bits per heavy atom. The molecular formula is C16H31N5O3. The summed E-state index contributed by atoms with van der Waals surface area (Å²) in [5.41, 5.74) is 5.47. The molecule has 0 bridgehead atoms. The Labute approximate surface area is 144 Å². The van der Waals surface area contributed by atoms with Gasteiger partial charge in [0.25, 0.3) is 0 Å². The Hall–Kier alpha value is -1.64. The minimum atomic E-state index is 0.242. The molecule has 8 nitrogen and oxygen atoms in total. The summed E-state index contributed by atoms with van der Waals surface area (Å²) in [5.74, 6) is 1.42. The molecule has 0 saturated carbocycles. The van der Waals surface area contributed by atoms with Crippen LogP contribution in [0.3, 0.4) is 0 Å². The molecule has 1 heterocycles. The summed E-state index contributed by atoms with van der Waals surface area (Å²) in [7, 11) is 3.98. The van der Waals surface area contributed by atoms with Gasteiger partial charge in [0.05, 0.1) is 12.2 Å². The summed E-state index contributed by atoms with van der Waals surface area (Å²) in [4.78, 5) is 10.7. The highest BCUT2D eigenvalue weighted by Crippen LogP contribution is 2.18. The van der Waals surface area contributed by atoms with Crippen LogP contribution < -0.4 is 20.5 Å². The average Bonchev–Trinajstić information content (AvgIpc) is 2.52. The Kier molecular flexibility index (Phi) is 10.1. The Morgan fingerprint density at radius 2 is 1.79 bits per heavy atom. The van der Waals surface area contributed by atoms with Gasteiger partial charge in [0.15, 0.2) is 0 Å². The molecule has 0 amide bonds. The van der Waals surface area contributed by atoms with Gasteiger partial charge in [-0.15, -0.1) is 0 Å². The van der Waals surface area contributed by atoms with Crippen LogP contribution in [-0.2, 0) is 4.74 Å². The summed E-state index contributed by atoms with van der Waals surface area (Å²) in [5, 5.41) is 3.17. The first kappa shape index (κ1) is 20.4. The molecule has 0 fully saturated rings. The van der Waals surface area contributed by atoms with E-state index in [-0.39, 0.29) is 6.10 Å². The summed E-state index contributed by atoms with van der Waals surface area (Å²) in [6.45, 7) is 7.62. The number of nitrogens with one attached hydrogen (secondary N) is 1. The first-order valence-corrected chi connectivity index (χ1v) is 8.36. The third-order valence-corrected chi connectivity index (χ3v) is 2.89. The lowest BCUT2D eigenvalue weighted by molar-refractivity contribution is 0.0787. The van der Waals surface area contributed by atoms with Crippen molar-refractivity contribution in [2.24, 2.45) is 5.73 Å². The predicted molar refractivity (Wildman–Crippen MR) is 94.8 cm³/mol. The van der Waals surface area contributed by atoms with E-state index in [0.29, 0.717) is 50.6 Å². The third kappa shape index (κ3) is 9.49. The van der Waals surface area contributed by atoms with Crippen LogP contribution in [0.1, 0.15) is 20.3 Å². The largest absolute Gasteiger partial charge is 0.476 e. The van der Waals surface area contributed by atoms with Crippen molar-refractivity contribution in [2.75, 3.05) is 58.9 Å². The number of nitrogens with two attached hydrogens (primary N) is 1. The topological polar surface area (TPSA) is 94.8 Å². The molecule has 0 unspecified atom stereocenters. The van der Waals surface area contributed by atoms with Gasteiger partial charge in [0.1, 0.15) is 13.2 Å². The standard InChI is InChI=1S/C16H31N5O3/c1-13(2)22-9-5-7-18-16-19-14(23-10-6-17)12-15(20-16)24-11-8-21(3)4/h12-13H,5-11,17H2,1-4H3,(H,18,19,20). The second kappa shape index (κ2) is 11.8. The van der Waals surface area contributed by atoms with Gasteiger partial charge in [-0.1, -0.05) is 0 Å². The SMILES string of the molecule is CC(C)OCCCNc1nc(OCCN)cc(OCCN(C)C)n1. The first-order chi connectivity index (χ1) is 11.5. The van der Waals surface area contributed by atoms with E-state index in [2.05, 4.69) is 15.3 Å². The van der Waals surface area contributed by atoms with Gasteiger partial charge in [-0.2, -0.15) is 9.97 Å². The maximum Gasteiger partial charge on any atom is 0.229 e. The van der Waals surface area contributed by atoms with Crippen LogP contribution in [0.2, 0.25) is 0 Å². The van der Waals surface area contributed by atoms with Gasteiger partial charge >= 0.3 is 0 Å². The maximum absolute atomic E-state index is 5.67. The van der Waals surface area contributed by atoms with E-state index in [1.807, 2.05) is 32.8 Å². The van der Waals surface area contributed by atoms with Crippen LogP contribution in [0.5, 0.6) is 11.8 Å². The van der Waals surface area contributed by atoms with E-state index >= 15 is 0 Å². The summed E-state index contributed by atoms with van der Waals surface area (Å²) in [6.07, 6.45) is 1.11. The van der Waals surface area contributed by atoms with Crippen LogP contribution in [-0.4, -0.2) is 74.5 Å². The number of hydrogen-bond donors (Lipinski definition) is 2. The van der Waals surface area contributed by atoms with Crippen molar-refractivity contribution < 1.29 is 14.2 Å². The van der Waals surface area contributed by atoms with Gasteiger partial charge in [-0.05, 0) is 34.4 Å². The lowest BCUT2D eigenvalue weighted by Gasteiger charge is -2.13. The molecule has 0 radical (unpaired) electrons. The summed E-state index contributed by atoms with van der Waals surface area (Å²) >= 11 is 0. The van der Waals surface area contributed by atoms with Crippen LogP contribution >= 0.6 is 0 Å². The molecule has 0 aliphatic heterocycles. The minimum Gasteiger partial charge on any atom is -0.476 e. The molecule has 24 heavy (non-hydrogen) atoms. The zero-order valence-corrected chi connectivity index (χ0v) is 15.2. The number of nitrogens with zero attached hydrogens (tertiary/aromatic N) is 3. The minimum absolute atomic E-state index is 0.242. The van der Waals surface area contributed by atoms with Gasteiger partial charge in [-0.3, -0.25) is 0 Å². The quantitative estimate of drug-likeness (QED) is 0.513. The average molecular weight is 341 g/mol. The fourth-order valence-electron chi connectivity index (χ4n) is 1.72. The normalized spacial score (nSPS) is 11.1. The fraction of sp³-hybridized carbons (Fsp3) is 0.750. The van der Waals surface area contributed by atoms with Crippen molar-refractivity contribution in [2.45, 2.75) is 26.4 Å². The number of aromatic nitrogens is 2. The van der Waals surface area contributed by atoms with E-state index in [4.69, 9.17) is 19.9 Å². The molecule has 0 aliphatic carbocycles. The molecule has 1 aromatic rings. The summed E-state index contributed by atoms with van der Waals surface area (Å²) < 4.78 is 16.7. The maximum atomic E-state index is 5.67. The highest BCUT2D eigenvalue weighted by molar-refractivity contribution is 5.33.